The van der Waals surface area contributed by atoms with E-state index in [9.17, 15) is 0 Å². The maximum atomic E-state index is 6.26. The molecule has 0 bridgehead atoms. The molecule has 112 valence electrons. The van der Waals surface area contributed by atoms with Gasteiger partial charge < -0.3 is 9.88 Å². The predicted octanol–water partition coefficient (Wildman–Crippen LogP) is 3.90. The number of hydrogen-bond donors (Lipinski definition) is 1. The Hall–Kier alpha value is -1.32. The quantitative estimate of drug-likeness (QED) is 0.932. The molecular formula is C17H22ClN3. The monoisotopic (exact) mass is 303 g/mol. The lowest BCUT2D eigenvalue weighted by molar-refractivity contribution is 0.202. The van der Waals surface area contributed by atoms with Crippen LogP contribution in [0.4, 0.5) is 0 Å². The van der Waals surface area contributed by atoms with Gasteiger partial charge in [-0.2, -0.15) is 0 Å². The zero-order valence-corrected chi connectivity index (χ0v) is 13.5. The first-order chi connectivity index (χ1) is 10.1. The summed E-state index contributed by atoms with van der Waals surface area (Å²) in [5, 5.41) is 4.32. The average molecular weight is 304 g/mol. The van der Waals surface area contributed by atoms with E-state index < -0.39 is 0 Å². The fourth-order valence-corrected chi connectivity index (χ4v) is 3.28. The average Bonchev–Trinajstić information content (AvgIpc) is 2.90. The van der Waals surface area contributed by atoms with Crippen molar-refractivity contribution < 1.29 is 0 Å². The largest absolute Gasteiger partial charge is 0.330 e. The Kier molecular flexibility index (Phi) is 4.05. The molecule has 4 heteroatoms. The number of imidazole rings is 1. The third-order valence-electron chi connectivity index (χ3n) is 4.42. The van der Waals surface area contributed by atoms with Gasteiger partial charge in [0.25, 0.3) is 0 Å². The lowest BCUT2D eigenvalue weighted by atomic mass is 9.82. The van der Waals surface area contributed by atoms with E-state index in [2.05, 4.69) is 33.9 Å². The molecular weight excluding hydrogens is 282 g/mol. The molecule has 3 rings (SSSR count). The van der Waals surface area contributed by atoms with E-state index in [-0.39, 0.29) is 0 Å². The molecule has 3 nitrogen and oxygen atoms in total. The van der Waals surface area contributed by atoms with Crippen molar-refractivity contribution in [3.8, 4) is 11.3 Å². The molecule has 1 fully saturated rings. The van der Waals surface area contributed by atoms with E-state index in [1.807, 2.05) is 25.5 Å². The Morgan fingerprint density at radius 2 is 2.29 bits per heavy atom. The van der Waals surface area contributed by atoms with Crippen LogP contribution in [0, 0.1) is 12.3 Å². The summed E-state index contributed by atoms with van der Waals surface area (Å²) in [6.07, 6.45) is 6.37. The van der Waals surface area contributed by atoms with Crippen molar-refractivity contribution in [3.05, 3.63) is 41.3 Å². The SMILES string of the molecule is Cc1ccc(-c2cncn2CC2(C)CCCNC2)cc1Cl. The van der Waals surface area contributed by atoms with Crippen molar-refractivity contribution >= 4 is 11.6 Å². The van der Waals surface area contributed by atoms with Gasteiger partial charge in [0.1, 0.15) is 0 Å². The second kappa shape index (κ2) is 5.82. The highest BCUT2D eigenvalue weighted by molar-refractivity contribution is 6.31. The molecule has 1 atom stereocenters. The minimum Gasteiger partial charge on any atom is -0.330 e. The van der Waals surface area contributed by atoms with Gasteiger partial charge in [0.15, 0.2) is 0 Å². The Bertz CT molecular complexity index is 627. The van der Waals surface area contributed by atoms with Crippen molar-refractivity contribution in [1.82, 2.24) is 14.9 Å². The van der Waals surface area contributed by atoms with Gasteiger partial charge >= 0.3 is 0 Å². The Labute approximate surface area is 131 Å². The number of aryl methyl sites for hydroxylation is 1. The van der Waals surface area contributed by atoms with Crippen LogP contribution in [0.3, 0.4) is 0 Å². The molecule has 0 amide bonds. The van der Waals surface area contributed by atoms with Crippen molar-refractivity contribution in [2.24, 2.45) is 5.41 Å². The molecule has 2 aromatic rings. The number of nitrogens with one attached hydrogen (secondary N) is 1. The Morgan fingerprint density at radius 3 is 3.00 bits per heavy atom. The summed E-state index contributed by atoms with van der Waals surface area (Å²) in [5.41, 5.74) is 3.68. The first-order valence-corrected chi connectivity index (χ1v) is 7.93. The van der Waals surface area contributed by atoms with Gasteiger partial charge in [0.05, 0.1) is 18.2 Å². The van der Waals surface area contributed by atoms with Crippen LogP contribution in [0.5, 0.6) is 0 Å². The Morgan fingerprint density at radius 1 is 1.43 bits per heavy atom. The number of benzene rings is 1. The molecule has 1 aliphatic rings. The molecule has 1 unspecified atom stereocenters. The summed E-state index contributed by atoms with van der Waals surface area (Å²) in [4.78, 5) is 4.35. The second-order valence-corrected chi connectivity index (χ2v) is 6.87. The highest BCUT2D eigenvalue weighted by atomic mass is 35.5. The van der Waals surface area contributed by atoms with Gasteiger partial charge in [-0.3, -0.25) is 0 Å². The molecule has 1 N–H and O–H groups in total. The van der Waals surface area contributed by atoms with Crippen LogP contribution in [0.1, 0.15) is 25.3 Å². The lowest BCUT2D eigenvalue weighted by Gasteiger charge is -2.34. The minimum atomic E-state index is 0.294. The van der Waals surface area contributed by atoms with Crippen LogP contribution in [-0.4, -0.2) is 22.6 Å². The van der Waals surface area contributed by atoms with Crippen LogP contribution in [-0.2, 0) is 6.54 Å². The van der Waals surface area contributed by atoms with Crippen LogP contribution in [0.25, 0.3) is 11.3 Å². The second-order valence-electron chi connectivity index (χ2n) is 6.46. The van der Waals surface area contributed by atoms with E-state index >= 15 is 0 Å². The summed E-state index contributed by atoms with van der Waals surface area (Å²) in [6.45, 7) is 7.57. The third-order valence-corrected chi connectivity index (χ3v) is 4.82. The maximum absolute atomic E-state index is 6.26. The number of rotatable bonds is 3. The fraction of sp³-hybridized carbons (Fsp3) is 0.471. The third kappa shape index (κ3) is 3.14. The smallest absolute Gasteiger partial charge is 0.0951 e. The molecule has 1 saturated heterocycles. The fourth-order valence-electron chi connectivity index (χ4n) is 3.10. The van der Waals surface area contributed by atoms with E-state index in [4.69, 9.17) is 11.6 Å². The normalized spacial score (nSPS) is 22.4. The molecule has 2 heterocycles. The van der Waals surface area contributed by atoms with Gasteiger partial charge in [0, 0.05) is 23.7 Å². The number of hydrogen-bond acceptors (Lipinski definition) is 2. The summed E-state index contributed by atoms with van der Waals surface area (Å²) in [5.74, 6) is 0. The minimum absolute atomic E-state index is 0.294. The highest BCUT2D eigenvalue weighted by Crippen LogP contribution is 2.31. The van der Waals surface area contributed by atoms with E-state index in [1.54, 1.807) is 0 Å². The van der Waals surface area contributed by atoms with Crippen molar-refractivity contribution in [2.45, 2.75) is 33.2 Å². The summed E-state index contributed by atoms with van der Waals surface area (Å²) < 4.78 is 2.26. The molecule has 0 saturated carbocycles. The molecule has 0 aliphatic carbocycles. The summed E-state index contributed by atoms with van der Waals surface area (Å²) >= 11 is 6.26. The zero-order chi connectivity index (χ0) is 14.9. The number of aromatic nitrogens is 2. The Balaban J connectivity index is 1.88. The van der Waals surface area contributed by atoms with Gasteiger partial charge in [-0.1, -0.05) is 30.7 Å². The predicted molar refractivity (Wildman–Crippen MR) is 87.6 cm³/mol. The van der Waals surface area contributed by atoms with Crippen molar-refractivity contribution in [2.75, 3.05) is 13.1 Å². The van der Waals surface area contributed by atoms with E-state index in [1.165, 1.54) is 12.8 Å². The van der Waals surface area contributed by atoms with E-state index in [0.29, 0.717) is 5.41 Å². The van der Waals surface area contributed by atoms with Crippen LogP contribution in [0.2, 0.25) is 5.02 Å². The first-order valence-electron chi connectivity index (χ1n) is 7.55. The van der Waals surface area contributed by atoms with Crippen LogP contribution in [0.15, 0.2) is 30.7 Å². The molecule has 1 aliphatic heterocycles. The summed E-state index contributed by atoms with van der Waals surface area (Å²) in [7, 11) is 0. The number of halogens is 1. The molecule has 1 aromatic heterocycles. The lowest BCUT2D eigenvalue weighted by Crippen LogP contribution is -2.40. The number of nitrogens with zero attached hydrogens (tertiary/aromatic N) is 2. The van der Waals surface area contributed by atoms with E-state index in [0.717, 1.165) is 41.5 Å². The number of piperidine rings is 1. The summed E-state index contributed by atoms with van der Waals surface area (Å²) in [6, 6.07) is 6.22. The molecule has 0 spiro atoms. The van der Waals surface area contributed by atoms with Gasteiger partial charge in [-0.05, 0) is 43.4 Å². The highest BCUT2D eigenvalue weighted by Gasteiger charge is 2.27. The van der Waals surface area contributed by atoms with Gasteiger partial charge in [-0.25, -0.2) is 4.98 Å². The standard InChI is InChI=1S/C17H22ClN3/c1-13-4-5-14(8-15(13)18)16-9-20-12-21(16)11-17(2)6-3-7-19-10-17/h4-5,8-9,12,19H,3,6-7,10-11H2,1-2H3. The zero-order valence-electron chi connectivity index (χ0n) is 12.7. The topological polar surface area (TPSA) is 29.9 Å². The van der Waals surface area contributed by atoms with Gasteiger partial charge in [0.2, 0.25) is 0 Å². The molecule has 0 radical (unpaired) electrons. The van der Waals surface area contributed by atoms with Crippen molar-refractivity contribution in [1.29, 1.82) is 0 Å². The van der Waals surface area contributed by atoms with Gasteiger partial charge in [-0.15, -0.1) is 0 Å². The van der Waals surface area contributed by atoms with Crippen molar-refractivity contribution in [3.63, 3.8) is 0 Å². The maximum Gasteiger partial charge on any atom is 0.0951 e. The van der Waals surface area contributed by atoms with Crippen LogP contribution >= 0.6 is 11.6 Å². The van der Waals surface area contributed by atoms with Crippen LogP contribution < -0.4 is 5.32 Å². The first kappa shape index (κ1) is 14.6. The molecule has 1 aromatic carbocycles. The molecule has 21 heavy (non-hydrogen) atoms.